The predicted octanol–water partition coefficient (Wildman–Crippen LogP) is 4.09. The number of benzene rings is 2. The Labute approximate surface area is 118 Å². The molecule has 0 saturated carbocycles. The number of rotatable bonds is 3. The molecule has 0 fully saturated rings. The summed E-state index contributed by atoms with van der Waals surface area (Å²) >= 11 is 6.99. The number of fused-ring (bicyclic) bond motifs is 1. The minimum absolute atomic E-state index is 0.304. The van der Waals surface area contributed by atoms with Crippen LogP contribution in [0.15, 0.2) is 51.7 Å². The van der Waals surface area contributed by atoms with Gasteiger partial charge in [-0.15, -0.1) is 0 Å². The van der Waals surface area contributed by atoms with Crippen LogP contribution < -0.4 is 9.68 Å². The highest BCUT2D eigenvalue weighted by Crippen LogP contribution is 2.23. The third-order valence-corrected chi connectivity index (χ3v) is 3.64. The van der Waals surface area contributed by atoms with Gasteiger partial charge in [0.2, 0.25) is 0 Å². The average Bonchev–Trinajstić information content (AvgIpc) is 2.75. The summed E-state index contributed by atoms with van der Waals surface area (Å²) < 4.78 is 11.5. The van der Waals surface area contributed by atoms with Crippen LogP contribution in [0.1, 0.15) is 5.56 Å². The van der Waals surface area contributed by atoms with Crippen molar-refractivity contribution in [1.82, 2.24) is 0 Å². The van der Waals surface area contributed by atoms with Crippen molar-refractivity contribution in [2.24, 2.45) is 0 Å². The Balaban J connectivity index is 1.79. The molecule has 96 valence electrons. The molecular formula is C14H9ClO3S. The van der Waals surface area contributed by atoms with Gasteiger partial charge in [-0.25, -0.2) is 4.79 Å². The first-order chi connectivity index (χ1) is 9.20. The van der Waals surface area contributed by atoms with Gasteiger partial charge in [0, 0.05) is 11.1 Å². The van der Waals surface area contributed by atoms with E-state index in [0.717, 1.165) is 21.6 Å². The lowest BCUT2D eigenvalue weighted by Crippen LogP contribution is -1.94. The Kier molecular flexibility index (Phi) is 3.27. The van der Waals surface area contributed by atoms with Crippen LogP contribution in [-0.2, 0) is 6.61 Å². The number of hydrogen-bond donors (Lipinski definition) is 0. The quantitative estimate of drug-likeness (QED) is 0.730. The van der Waals surface area contributed by atoms with Crippen LogP contribution in [0.2, 0.25) is 5.02 Å². The first-order valence-electron chi connectivity index (χ1n) is 5.62. The summed E-state index contributed by atoms with van der Waals surface area (Å²) in [6.07, 6.45) is 0. The van der Waals surface area contributed by atoms with Crippen molar-refractivity contribution in [2.45, 2.75) is 6.61 Å². The van der Waals surface area contributed by atoms with E-state index in [-0.39, 0.29) is 4.94 Å². The number of ether oxygens (including phenoxy) is 1. The van der Waals surface area contributed by atoms with Crippen LogP contribution in [0, 0.1) is 0 Å². The highest BCUT2D eigenvalue weighted by atomic mass is 35.5. The first kappa shape index (κ1) is 12.3. The van der Waals surface area contributed by atoms with Crippen molar-refractivity contribution < 1.29 is 9.15 Å². The second-order valence-electron chi connectivity index (χ2n) is 3.98. The normalized spacial score (nSPS) is 10.8. The van der Waals surface area contributed by atoms with Crippen LogP contribution >= 0.6 is 22.9 Å². The van der Waals surface area contributed by atoms with Crippen LogP contribution in [0.3, 0.4) is 0 Å². The second kappa shape index (κ2) is 5.07. The van der Waals surface area contributed by atoms with Gasteiger partial charge in [-0.2, -0.15) is 0 Å². The van der Waals surface area contributed by atoms with Crippen molar-refractivity contribution in [3.8, 4) is 5.75 Å². The molecule has 3 rings (SSSR count). The molecule has 0 unspecified atom stereocenters. The number of halogens is 1. The molecule has 0 saturated heterocycles. The van der Waals surface area contributed by atoms with Gasteiger partial charge in [-0.05, 0) is 29.8 Å². The molecular weight excluding hydrogens is 284 g/mol. The summed E-state index contributed by atoms with van der Waals surface area (Å²) in [6, 6.07) is 12.8. The Morgan fingerprint density at radius 2 is 2.11 bits per heavy atom. The van der Waals surface area contributed by atoms with Gasteiger partial charge in [-0.1, -0.05) is 35.1 Å². The van der Waals surface area contributed by atoms with Crippen LogP contribution in [0.5, 0.6) is 5.75 Å². The maximum Gasteiger partial charge on any atom is 0.396 e. The van der Waals surface area contributed by atoms with Gasteiger partial charge < -0.3 is 9.15 Å². The standard InChI is InChI=1S/C14H9ClO3S/c15-10-3-1-2-9(6-10)8-17-11-4-5-13-12(7-11)18-14(16)19-13/h1-7H,8H2. The van der Waals surface area contributed by atoms with Crippen molar-refractivity contribution in [3.63, 3.8) is 0 Å². The molecule has 0 aliphatic heterocycles. The van der Waals surface area contributed by atoms with E-state index in [1.807, 2.05) is 36.4 Å². The second-order valence-corrected chi connectivity index (χ2v) is 5.39. The molecule has 0 N–H and O–H groups in total. The predicted molar refractivity (Wildman–Crippen MR) is 76.1 cm³/mol. The molecule has 3 aromatic rings. The molecule has 0 aliphatic carbocycles. The Morgan fingerprint density at radius 3 is 2.95 bits per heavy atom. The van der Waals surface area contributed by atoms with E-state index in [1.54, 1.807) is 6.07 Å². The van der Waals surface area contributed by atoms with Crippen LogP contribution in [-0.4, -0.2) is 0 Å². The minimum Gasteiger partial charge on any atom is -0.489 e. The van der Waals surface area contributed by atoms with Gasteiger partial charge in [0.15, 0.2) is 5.58 Å². The van der Waals surface area contributed by atoms with Crippen molar-refractivity contribution in [1.29, 1.82) is 0 Å². The molecule has 1 aromatic heterocycles. The Hall–Kier alpha value is -1.78. The molecule has 1 heterocycles. The highest BCUT2D eigenvalue weighted by Gasteiger charge is 2.04. The lowest BCUT2D eigenvalue weighted by atomic mass is 10.2. The van der Waals surface area contributed by atoms with Crippen molar-refractivity contribution >= 4 is 33.2 Å². The van der Waals surface area contributed by atoms with Gasteiger partial charge in [-0.3, -0.25) is 0 Å². The third-order valence-electron chi connectivity index (χ3n) is 2.60. The smallest absolute Gasteiger partial charge is 0.396 e. The average molecular weight is 293 g/mol. The first-order valence-corrected chi connectivity index (χ1v) is 6.81. The van der Waals surface area contributed by atoms with E-state index in [2.05, 4.69) is 0 Å². The Morgan fingerprint density at radius 1 is 1.21 bits per heavy atom. The van der Waals surface area contributed by atoms with E-state index < -0.39 is 0 Å². The van der Waals surface area contributed by atoms with Gasteiger partial charge >= 0.3 is 4.94 Å². The summed E-state index contributed by atoms with van der Waals surface area (Å²) in [6.45, 7) is 0.417. The summed E-state index contributed by atoms with van der Waals surface area (Å²) in [5, 5.41) is 0.681. The zero-order chi connectivity index (χ0) is 13.2. The fraction of sp³-hybridized carbons (Fsp3) is 0.0714. The monoisotopic (exact) mass is 292 g/mol. The molecule has 0 spiro atoms. The summed E-state index contributed by atoms with van der Waals surface area (Å²) in [5.74, 6) is 0.661. The zero-order valence-electron chi connectivity index (χ0n) is 9.76. The molecule has 5 heteroatoms. The fourth-order valence-electron chi connectivity index (χ4n) is 1.74. The van der Waals surface area contributed by atoms with E-state index in [0.29, 0.717) is 23.0 Å². The van der Waals surface area contributed by atoms with Crippen LogP contribution in [0.4, 0.5) is 0 Å². The largest absolute Gasteiger partial charge is 0.489 e. The van der Waals surface area contributed by atoms with E-state index in [1.165, 1.54) is 0 Å². The van der Waals surface area contributed by atoms with E-state index in [4.69, 9.17) is 20.8 Å². The highest BCUT2D eigenvalue weighted by molar-refractivity contribution is 7.16. The third kappa shape index (κ3) is 2.80. The molecule has 0 bridgehead atoms. The molecule has 2 aromatic carbocycles. The number of hydrogen-bond acceptors (Lipinski definition) is 4. The van der Waals surface area contributed by atoms with Gasteiger partial charge in [0.1, 0.15) is 12.4 Å². The van der Waals surface area contributed by atoms with E-state index in [9.17, 15) is 4.79 Å². The topological polar surface area (TPSA) is 39.4 Å². The maximum atomic E-state index is 11.1. The molecule has 0 atom stereocenters. The lowest BCUT2D eigenvalue weighted by Gasteiger charge is -2.06. The molecule has 19 heavy (non-hydrogen) atoms. The minimum atomic E-state index is -0.304. The van der Waals surface area contributed by atoms with Crippen molar-refractivity contribution in [3.05, 3.63) is 62.8 Å². The molecule has 0 aliphatic rings. The summed E-state index contributed by atoms with van der Waals surface area (Å²) in [7, 11) is 0. The van der Waals surface area contributed by atoms with Crippen molar-refractivity contribution in [2.75, 3.05) is 0 Å². The van der Waals surface area contributed by atoms with Crippen LogP contribution in [0.25, 0.3) is 10.3 Å². The maximum absolute atomic E-state index is 11.1. The Bertz CT molecular complexity index is 775. The fourth-order valence-corrected chi connectivity index (χ4v) is 2.60. The summed E-state index contributed by atoms with van der Waals surface area (Å²) in [4.78, 5) is 10.8. The molecule has 3 nitrogen and oxygen atoms in total. The van der Waals surface area contributed by atoms with Gasteiger partial charge in [0.25, 0.3) is 0 Å². The van der Waals surface area contributed by atoms with E-state index >= 15 is 0 Å². The zero-order valence-corrected chi connectivity index (χ0v) is 11.3. The van der Waals surface area contributed by atoms with Gasteiger partial charge in [0.05, 0.1) is 4.70 Å². The SMILES string of the molecule is O=c1oc2cc(OCc3cccc(Cl)c3)ccc2s1. The molecule has 0 amide bonds. The molecule has 0 radical (unpaired) electrons. The summed E-state index contributed by atoms with van der Waals surface area (Å²) in [5.41, 5.74) is 1.54. The lowest BCUT2D eigenvalue weighted by molar-refractivity contribution is 0.306.